The van der Waals surface area contributed by atoms with Crippen molar-refractivity contribution in [3.05, 3.63) is 12.2 Å². The van der Waals surface area contributed by atoms with Crippen LogP contribution in [0.4, 0.5) is 0 Å². The Morgan fingerprint density at radius 3 is 3.00 bits per heavy atom. The van der Waals surface area contributed by atoms with Crippen molar-refractivity contribution in [2.45, 2.75) is 25.3 Å². The van der Waals surface area contributed by atoms with Crippen LogP contribution in [0.2, 0.25) is 0 Å². The van der Waals surface area contributed by atoms with Crippen LogP contribution < -0.4 is 5.32 Å². The molecular formula is C10H18N2O. The van der Waals surface area contributed by atoms with Crippen molar-refractivity contribution < 1.29 is 4.79 Å². The Kier molecular flexibility index (Phi) is 3.96. The second kappa shape index (κ2) is 5.02. The zero-order chi connectivity index (χ0) is 9.68. The lowest BCUT2D eigenvalue weighted by Gasteiger charge is -2.23. The number of carbonyl (C=O) groups excluding carboxylic acids is 1. The van der Waals surface area contributed by atoms with Gasteiger partial charge in [-0.3, -0.25) is 4.79 Å². The first-order valence-electron chi connectivity index (χ1n) is 4.81. The van der Waals surface area contributed by atoms with Gasteiger partial charge in [-0.2, -0.15) is 0 Å². The molecule has 0 radical (unpaired) electrons. The maximum atomic E-state index is 11.1. The lowest BCUT2D eigenvalue weighted by Crippen LogP contribution is -2.39. The molecule has 1 amide bonds. The van der Waals surface area contributed by atoms with Crippen LogP contribution in [-0.4, -0.2) is 37.5 Å². The summed E-state index contributed by atoms with van der Waals surface area (Å²) in [6, 6.07) is 0.476. The van der Waals surface area contributed by atoms with Crippen LogP contribution in [0.25, 0.3) is 0 Å². The molecule has 3 heteroatoms. The Balaban J connectivity index is 2.48. The minimum absolute atomic E-state index is 0.0359. The van der Waals surface area contributed by atoms with Gasteiger partial charge in [-0.05, 0) is 39.4 Å². The van der Waals surface area contributed by atoms with Gasteiger partial charge in [0.25, 0.3) is 0 Å². The number of hydrogen-bond acceptors (Lipinski definition) is 2. The highest BCUT2D eigenvalue weighted by Gasteiger charge is 2.12. The molecule has 0 saturated heterocycles. The van der Waals surface area contributed by atoms with Crippen LogP contribution in [0.15, 0.2) is 12.2 Å². The number of nitrogens with one attached hydrogen (secondary N) is 1. The molecule has 13 heavy (non-hydrogen) atoms. The van der Waals surface area contributed by atoms with E-state index in [2.05, 4.69) is 24.3 Å². The van der Waals surface area contributed by atoms with Gasteiger partial charge in [-0.15, -0.1) is 0 Å². The number of hydrogen-bond donors (Lipinski definition) is 1. The summed E-state index contributed by atoms with van der Waals surface area (Å²) in [7, 11) is 4.12. The fraction of sp³-hybridized carbons (Fsp3) is 0.700. The van der Waals surface area contributed by atoms with Crippen molar-refractivity contribution in [2.75, 3.05) is 20.6 Å². The molecule has 0 aliphatic carbocycles. The quantitative estimate of drug-likeness (QED) is 0.649. The number of allylic oxidation sites excluding steroid dienone is 1. The van der Waals surface area contributed by atoms with Crippen molar-refractivity contribution in [2.24, 2.45) is 0 Å². The molecule has 1 aliphatic heterocycles. The third kappa shape index (κ3) is 3.59. The monoisotopic (exact) mass is 182 g/mol. The van der Waals surface area contributed by atoms with Gasteiger partial charge >= 0.3 is 0 Å². The van der Waals surface area contributed by atoms with Crippen LogP contribution in [-0.2, 0) is 4.79 Å². The van der Waals surface area contributed by atoms with E-state index in [9.17, 15) is 4.79 Å². The summed E-state index contributed by atoms with van der Waals surface area (Å²) in [5, 5.41) is 2.89. The molecule has 1 atom stereocenters. The standard InChI is InChI=1S/C10H18N2O/c1-12(2)9-6-4-3-5-7-10(13)11-8-9/h5,7,9H,3-4,6,8H2,1-2H3,(H,11,13)/b7-5-/t9-/m1/s1. The third-order valence-electron chi connectivity index (χ3n) is 2.42. The van der Waals surface area contributed by atoms with E-state index >= 15 is 0 Å². The number of nitrogens with zero attached hydrogens (tertiary/aromatic N) is 1. The Morgan fingerprint density at radius 2 is 2.31 bits per heavy atom. The summed E-state index contributed by atoms with van der Waals surface area (Å²) in [6.07, 6.45) is 6.91. The van der Waals surface area contributed by atoms with Gasteiger partial charge in [0.1, 0.15) is 0 Å². The van der Waals surface area contributed by atoms with Crippen molar-refractivity contribution in [1.82, 2.24) is 10.2 Å². The molecule has 0 fully saturated rings. The first-order chi connectivity index (χ1) is 6.20. The highest BCUT2D eigenvalue weighted by Crippen LogP contribution is 2.07. The Hall–Kier alpha value is -0.830. The smallest absolute Gasteiger partial charge is 0.243 e. The zero-order valence-electron chi connectivity index (χ0n) is 8.42. The first kappa shape index (κ1) is 10.3. The van der Waals surface area contributed by atoms with E-state index in [1.807, 2.05) is 6.08 Å². The van der Waals surface area contributed by atoms with E-state index in [0.29, 0.717) is 6.04 Å². The van der Waals surface area contributed by atoms with Gasteiger partial charge in [0.2, 0.25) is 5.91 Å². The second-order valence-corrected chi connectivity index (χ2v) is 3.70. The Labute approximate surface area is 79.8 Å². The fourth-order valence-corrected chi connectivity index (χ4v) is 1.48. The molecule has 3 nitrogen and oxygen atoms in total. The Bertz CT molecular complexity index is 199. The number of rotatable bonds is 1. The van der Waals surface area contributed by atoms with Gasteiger partial charge in [-0.25, -0.2) is 0 Å². The molecule has 1 N–H and O–H groups in total. The SMILES string of the molecule is CN(C)[C@@H]1CCC/C=C\C(=O)NC1. The van der Waals surface area contributed by atoms with Gasteiger partial charge in [0, 0.05) is 12.6 Å². The van der Waals surface area contributed by atoms with Crippen molar-refractivity contribution in [1.29, 1.82) is 0 Å². The van der Waals surface area contributed by atoms with E-state index in [-0.39, 0.29) is 5.91 Å². The van der Waals surface area contributed by atoms with E-state index in [4.69, 9.17) is 0 Å². The maximum Gasteiger partial charge on any atom is 0.243 e. The first-order valence-corrected chi connectivity index (χ1v) is 4.81. The highest BCUT2D eigenvalue weighted by atomic mass is 16.1. The van der Waals surface area contributed by atoms with Crippen LogP contribution in [0, 0.1) is 0 Å². The van der Waals surface area contributed by atoms with Gasteiger partial charge < -0.3 is 10.2 Å². The summed E-state index contributed by atoms with van der Waals surface area (Å²) in [6.45, 7) is 0.760. The largest absolute Gasteiger partial charge is 0.351 e. The second-order valence-electron chi connectivity index (χ2n) is 3.70. The molecule has 1 aliphatic rings. The van der Waals surface area contributed by atoms with E-state index in [0.717, 1.165) is 25.8 Å². The van der Waals surface area contributed by atoms with Crippen molar-refractivity contribution >= 4 is 5.91 Å². The molecule has 1 rings (SSSR count). The summed E-state index contributed by atoms with van der Waals surface area (Å²) in [5.41, 5.74) is 0. The lowest BCUT2D eigenvalue weighted by molar-refractivity contribution is -0.116. The fourth-order valence-electron chi connectivity index (χ4n) is 1.48. The lowest BCUT2D eigenvalue weighted by atomic mass is 10.1. The molecule has 0 saturated carbocycles. The minimum atomic E-state index is 0.0359. The summed E-state index contributed by atoms with van der Waals surface area (Å²) in [4.78, 5) is 13.3. The van der Waals surface area contributed by atoms with E-state index in [1.54, 1.807) is 6.08 Å². The number of carbonyl (C=O) groups is 1. The molecule has 0 aromatic heterocycles. The third-order valence-corrected chi connectivity index (χ3v) is 2.42. The number of amides is 1. The minimum Gasteiger partial charge on any atom is -0.351 e. The molecule has 0 spiro atoms. The highest BCUT2D eigenvalue weighted by molar-refractivity contribution is 5.87. The van der Waals surface area contributed by atoms with Gasteiger partial charge in [-0.1, -0.05) is 6.08 Å². The van der Waals surface area contributed by atoms with Crippen LogP contribution in [0.5, 0.6) is 0 Å². The molecule has 1 heterocycles. The van der Waals surface area contributed by atoms with Crippen molar-refractivity contribution in [3.63, 3.8) is 0 Å². The predicted octanol–water partition coefficient (Wildman–Crippen LogP) is 0.773. The van der Waals surface area contributed by atoms with E-state index < -0.39 is 0 Å². The molecule has 0 aromatic carbocycles. The predicted molar refractivity (Wildman–Crippen MR) is 53.5 cm³/mol. The summed E-state index contributed by atoms with van der Waals surface area (Å²) >= 11 is 0. The average molecular weight is 182 g/mol. The molecule has 74 valence electrons. The normalized spacial score (nSPS) is 27.3. The maximum absolute atomic E-state index is 11.1. The molecular weight excluding hydrogens is 164 g/mol. The Morgan fingerprint density at radius 1 is 1.54 bits per heavy atom. The van der Waals surface area contributed by atoms with Crippen molar-refractivity contribution in [3.8, 4) is 0 Å². The van der Waals surface area contributed by atoms with Gasteiger partial charge in [0.05, 0.1) is 0 Å². The summed E-state index contributed by atoms with van der Waals surface area (Å²) in [5.74, 6) is 0.0359. The zero-order valence-corrected chi connectivity index (χ0v) is 8.42. The van der Waals surface area contributed by atoms with Gasteiger partial charge in [0.15, 0.2) is 0 Å². The molecule has 0 aromatic rings. The van der Waals surface area contributed by atoms with Crippen LogP contribution in [0.1, 0.15) is 19.3 Å². The average Bonchev–Trinajstić information content (AvgIpc) is 2.17. The number of likely N-dealkylation sites (N-methyl/N-ethyl adjacent to an activating group) is 1. The van der Waals surface area contributed by atoms with Crippen LogP contribution >= 0.6 is 0 Å². The van der Waals surface area contributed by atoms with E-state index in [1.165, 1.54) is 0 Å². The molecule has 0 unspecified atom stereocenters. The van der Waals surface area contributed by atoms with Crippen LogP contribution in [0.3, 0.4) is 0 Å². The summed E-state index contributed by atoms with van der Waals surface area (Å²) < 4.78 is 0. The topological polar surface area (TPSA) is 32.3 Å². The molecule has 0 bridgehead atoms.